The molecule has 5 nitrogen and oxygen atoms in total. The molecular formula is C25H29NO4. The molecule has 0 unspecified atom stereocenters. The van der Waals surface area contributed by atoms with Gasteiger partial charge in [0.25, 0.3) is 0 Å². The van der Waals surface area contributed by atoms with E-state index in [1.807, 2.05) is 49.4 Å². The van der Waals surface area contributed by atoms with Crippen LogP contribution in [0.2, 0.25) is 0 Å². The zero-order chi connectivity index (χ0) is 21.1. The molecule has 30 heavy (non-hydrogen) atoms. The summed E-state index contributed by atoms with van der Waals surface area (Å²) in [6.07, 6.45) is 3.91. The summed E-state index contributed by atoms with van der Waals surface area (Å²) in [6.45, 7) is 3.40. The minimum atomic E-state index is -0.930. The average molecular weight is 408 g/mol. The first-order chi connectivity index (χ1) is 14.5. The summed E-state index contributed by atoms with van der Waals surface area (Å²) in [7, 11) is 0. The molecule has 1 N–H and O–H groups in total. The van der Waals surface area contributed by atoms with Gasteiger partial charge in [0, 0.05) is 19.0 Å². The van der Waals surface area contributed by atoms with Crippen LogP contribution in [-0.2, 0) is 4.79 Å². The Labute approximate surface area is 177 Å². The fraction of sp³-hybridized carbons (Fsp3) is 0.440. The molecule has 158 valence electrons. The maximum atomic E-state index is 13.3. The maximum absolute atomic E-state index is 13.3. The van der Waals surface area contributed by atoms with Crippen LogP contribution < -0.4 is 4.74 Å². The molecule has 4 atom stereocenters. The molecule has 0 aromatic heterocycles. The fourth-order valence-electron chi connectivity index (χ4n) is 5.13. The molecule has 2 bridgehead atoms. The molecule has 2 aliphatic rings. The van der Waals surface area contributed by atoms with Crippen LogP contribution in [0.4, 0.5) is 0 Å². The van der Waals surface area contributed by atoms with Crippen LogP contribution in [0, 0.1) is 5.92 Å². The minimum absolute atomic E-state index is 0.0103. The lowest BCUT2D eigenvalue weighted by atomic mass is 9.87. The quantitative estimate of drug-likeness (QED) is 0.668. The Kier molecular flexibility index (Phi) is 6.18. The summed E-state index contributed by atoms with van der Waals surface area (Å²) >= 11 is 0. The van der Waals surface area contributed by atoms with Crippen molar-refractivity contribution in [1.29, 1.82) is 0 Å². The lowest BCUT2D eigenvalue weighted by molar-refractivity contribution is -0.126. The average Bonchev–Trinajstić information content (AvgIpc) is 3.36. The van der Waals surface area contributed by atoms with Crippen LogP contribution in [-0.4, -0.2) is 47.0 Å². The highest BCUT2D eigenvalue weighted by molar-refractivity contribution is 5.88. The van der Waals surface area contributed by atoms with Crippen LogP contribution >= 0.6 is 0 Å². The maximum Gasteiger partial charge on any atom is 0.335 e. The Morgan fingerprint density at radius 3 is 2.53 bits per heavy atom. The van der Waals surface area contributed by atoms with E-state index in [1.54, 1.807) is 12.1 Å². The third kappa shape index (κ3) is 4.41. The highest BCUT2D eigenvalue weighted by atomic mass is 16.5. The number of ketones is 1. The van der Waals surface area contributed by atoms with Gasteiger partial charge in [-0.05, 0) is 60.9 Å². The van der Waals surface area contributed by atoms with E-state index in [1.165, 1.54) is 6.42 Å². The first kappa shape index (κ1) is 20.6. The largest absolute Gasteiger partial charge is 0.492 e. The van der Waals surface area contributed by atoms with Crippen molar-refractivity contribution >= 4 is 11.8 Å². The molecule has 1 aliphatic heterocycles. The number of rotatable bonds is 9. The fourth-order valence-corrected chi connectivity index (χ4v) is 5.13. The van der Waals surface area contributed by atoms with Crippen molar-refractivity contribution < 1.29 is 19.4 Å². The van der Waals surface area contributed by atoms with Crippen molar-refractivity contribution in [2.45, 2.75) is 50.6 Å². The number of fused-ring (bicyclic) bond motifs is 2. The molecule has 1 saturated heterocycles. The molecule has 0 radical (unpaired) electrons. The van der Waals surface area contributed by atoms with Crippen LogP contribution in [0.1, 0.15) is 54.4 Å². The number of nitrogens with zero attached hydrogens (tertiary/aromatic N) is 1. The van der Waals surface area contributed by atoms with E-state index in [2.05, 4.69) is 4.90 Å². The predicted molar refractivity (Wildman–Crippen MR) is 115 cm³/mol. The summed E-state index contributed by atoms with van der Waals surface area (Å²) < 4.78 is 5.88. The number of hydrogen-bond donors (Lipinski definition) is 1. The number of para-hydroxylation sites is 1. The SMILES string of the molecule is C[C@H](CC(=O)[C@H]1[C@@H]2CC[C@@H](C2)N1CCOc1ccccc1)c1ccc(C(=O)O)cc1. The molecule has 5 heteroatoms. The number of carboxylic acid groups (broad SMARTS) is 1. The van der Waals surface area contributed by atoms with Gasteiger partial charge in [0.05, 0.1) is 11.6 Å². The third-order valence-corrected chi connectivity index (χ3v) is 6.64. The first-order valence-corrected chi connectivity index (χ1v) is 10.8. The molecule has 2 aromatic carbocycles. The van der Waals surface area contributed by atoms with E-state index in [9.17, 15) is 9.59 Å². The molecule has 1 saturated carbocycles. The standard InChI is InChI=1S/C25H29NO4/c1-17(18-7-9-19(10-8-18)25(28)29)15-23(27)24-20-11-12-21(16-20)26(24)13-14-30-22-5-3-2-4-6-22/h2-10,17,20-21,24H,11-16H2,1H3,(H,28,29)/t17-,20-,21+,24-/m1/s1. The Morgan fingerprint density at radius 1 is 1.10 bits per heavy atom. The number of aromatic carboxylic acids is 1. The number of carboxylic acids is 1. The van der Waals surface area contributed by atoms with Crippen LogP contribution in [0.3, 0.4) is 0 Å². The van der Waals surface area contributed by atoms with E-state index in [4.69, 9.17) is 9.84 Å². The van der Waals surface area contributed by atoms with E-state index < -0.39 is 5.97 Å². The van der Waals surface area contributed by atoms with Gasteiger partial charge >= 0.3 is 5.97 Å². The number of ether oxygens (including phenoxy) is 1. The molecule has 0 amide bonds. The zero-order valence-corrected chi connectivity index (χ0v) is 17.4. The predicted octanol–water partition coefficient (Wildman–Crippen LogP) is 4.38. The van der Waals surface area contributed by atoms with Crippen molar-refractivity contribution in [2.24, 2.45) is 5.92 Å². The van der Waals surface area contributed by atoms with Crippen LogP contribution in [0.5, 0.6) is 5.75 Å². The second-order valence-corrected chi connectivity index (χ2v) is 8.57. The second-order valence-electron chi connectivity index (χ2n) is 8.57. The molecule has 0 spiro atoms. The zero-order valence-electron chi connectivity index (χ0n) is 17.4. The first-order valence-electron chi connectivity index (χ1n) is 10.8. The van der Waals surface area contributed by atoms with Crippen molar-refractivity contribution in [3.63, 3.8) is 0 Å². The Balaban J connectivity index is 1.36. The van der Waals surface area contributed by atoms with E-state index in [0.717, 1.165) is 30.7 Å². The lowest BCUT2D eigenvalue weighted by Crippen LogP contribution is -2.47. The van der Waals surface area contributed by atoms with E-state index in [-0.39, 0.29) is 17.5 Å². The third-order valence-electron chi connectivity index (χ3n) is 6.64. The molecule has 1 heterocycles. The molecule has 2 aromatic rings. The highest BCUT2D eigenvalue weighted by Crippen LogP contribution is 2.43. The van der Waals surface area contributed by atoms with Crippen molar-refractivity contribution in [2.75, 3.05) is 13.2 Å². The molecule has 2 fully saturated rings. The van der Waals surface area contributed by atoms with Gasteiger partial charge in [-0.15, -0.1) is 0 Å². The molecule has 4 rings (SSSR count). The van der Waals surface area contributed by atoms with Crippen LogP contribution in [0.25, 0.3) is 0 Å². The van der Waals surface area contributed by atoms with Crippen molar-refractivity contribution in [3.8, 4) is 5.75 Å². The highest BCUT2D eigenvalue weighted by Gasteiger charge is 2.48. The van der Waals surface area contributed by atoms with Gasteiger partial charge in [-0.2, -0.15) is 0 Å². The number of likely N-dealkylation sites (tertiary alicyclic amines) is 1. The summed E-state index contributed by atoms with van der Waals surface area (Å²) in [5, 5.41) is 9.07. The van der Waals surface area contributed by atoms with Gasteiger partial charge in [0.2, 0.25) is 0 Å². The smallest absolute Gasteiger partial charge is 0.335 e. The number of Topliss-reactive ketones (excluding diaryl/α,β-unsaturated/α-hetero) is 1. The summed E-state index contributed by atoms with van der Waals surface area (Å²) in [5.41, 5.74) is 1.28. The van der Waals surface area contributed by atoms with Gasteiger partial charge in [0.1, 0.15) is 12.4 Å². The van der Waals surface area contributed by atoms with Crippen molar-refractivity contribution in [1.82, 2.24) is 4.90 Å². The van der Waals surface area contributed by atoms with E-state index >= 15 is 0 Å². The van der Waals surface area contributed by atoms with Crippen molar-refractivity contribution in [3.05, 3.63) is 65.7 Å². The van der Waals surface area contributed by atoms with Crippen LogP contribution in [0.15, 0.2) is 54.6 Å². The van der Waals surface area contributed by atoms with Gasteiger partial charge in [-0.3, -0.25) is 9.69 Å². The Morgan fingerprint density at radius 2 is 1.83 bits per heavy atom. The van der Waals surface area contributed by atoms with Gasteiger partial charge in [0.15, 0.2) is 5.78 Å². The Bertz CT molecular complexity index is 880. The Hall–Kier alpha value is -2.66. The lowest BCUT2D eigenvalue weighted by Gasteiger charge is -2.34. The summed E-state index contributed by atoms with van der Waals surface area (Å²) in [6, 6.07) is 17.2. The number of benzene rings is 2. The molecule has 1 aliphatic carbocycles. The monoisotopic (exact) mass is 407 g/mol. The van der Waals surface area contributed by atoms with Gasteiger partial charge in [-0.25, -0.2) is 4.79 Å². The summed E-state index contributed by atoms with van der Waals surface area (Å²) in [4.78, 5) is 26.7. The van der Waals surface area contributed by atoms with E-state index in [0.29, 0.717) is 30.8 Å². The number of piperidine rings is 1. The topological polar surface area (TPSA) is 66.8 Å². The normalized spacial score (nSPS) is 24.0. The number of carbonyl (C=O) groups excluding carboxylic acids is 1. The summed E-state index contributed by atoms with van der Waals surface area (Å²) in [5.74, 6) is 0.767. The number of hydrogen-bond acceptors (Lipinski definition) is 4. The van der Waals surface area contributed by atoms with Gasteiger partial charge < -0.3 is 9.84 Å². The minimum Gasteiger partial charge on any atom is -0.492 e. The second kappa shape index (κ2) is 9.00. The number of carbonyl (C=O) groups is 2. The van der Waals surface area contributed by atoms with Gasteiger partial charge in [-0.1, -0.05) is 37.3 Å². The molecular weight excluding hydrogens is 378 g/mol.